The molecule has 0 aliphatic heterocycles. The molecule has 1 saturated carbocycles. The van der Waals surface area contributed by atoms with Gasteiger partial charge in [0.05, 0.1) is 41.1 Å². The summed E-state index contributed by atoms with van der Waals surface area (Å²) in [6, 6.07) is 7.58. The summed E-state index contributed by atoms with van der Waals surface area (Å²) in [6.45, 7) is 0.562. The van der Waals surface area contributed by atoms with Crippen molar-refractivity contribution >= 4 is 28.6 Å². The van der Waals surface area contributed by atoms with Crippen LogP contribution in [0.3, 0.4) is 0 Å². The lowest BCUT2D eigenvalue weighted by molar-refractivity contribution is 0.0601. The molecule has 2 aromatic rings. The number of alkyl halides is 1. The third kappa shape index (κ3) is 2.36. The van der Waals surface area contributed by atoms with Crippen molar-refractivity contribution in [3.63, 3.8) is 0 Å². The molecule has 0 N–H and O–H groups in total. The molecule has 0 bridgehead atoms. The predicted octanol–water partition coefficient (Wildman–Crippen LogP) is 2.87. The lowest BCUT2D eigenvalue weighted by Gasteiger charge is -2.11. The van der Waals surface area contributed by atoms with E-state index >= 15 is 0 Å². The number of nitrogens with zero attached hydrogens (tertiary/aromatic N) is 3. The fourth-order valence-corrected chi connectivity index (χ4v) is 2.66. The molecule has 1 fully saturated rings. The first-order chi connectivity index (χ1) is 10.1. The molecule has 1 aromatic heterocycles. The average Bonchev–Trinajstić information content (AvgIpc) is 3.22. The first-order valence-electron chi connectivity index (χ1n) is 6.67. The molecule has 3 rings (SSSR count). The fourth-order valence-electron chi connectivity index (χ4n) is 2.45. The summed E-state index contributed by atoms with van der Waals surface area (Å²) in [5.41, 5.74) is 1.74. The Labute approximate surface area is 127 Å². The van der Waals surface area contributed by atoms with Crippen LogP contribution in [0.4, 0.5) is 0 Å². The highest BCUT2D eigenvalue weighted by atomic mass is 35.5. The first kappa shape index (κ1) is 13.9. The van der Waals surface area contributed by atoms with E-state index < -0.39 is 5.97 Å². The number of carbonyl (C=O) groups excluding carboxylic acids is 1. The van der Waals surface area contributed by atoms with Crippen LogP contribution in [0, 0.1) is 16.7 Å². The maximum atomic E-state index is 11.7. The number of fused-ring (bicyclic) bond motifs is 1. The number of hydrogen-bond donors (Lipinski definition) is 0. The van der Waals surface area contributed by atoms with Gasteiger partial charge < -0.3 is 9.30 Å². The van der Waals surface area contributed by atoms with Gasteiger partial charge in [-0.3, -0.25) is 0 Å². The van der Waals surface area contributed by atoms with E-state index in [1.54, 1.807) is 18.2 Å². The first-order valence-corrected chi connectivity index (χ1v) is 7.20. The van der Waals surface area contributed by atoms with Crippen LogP contribution >= 0.6 is 11.6 Å². The largest absolute Gasteiger partial charge is 0.465 e. The van der Waals surface area contributed by atoms with Gasteiger partial charge >= 0.3 is 5.97 Å². The molecule has 21 heavy (non-hydrogen) atoms. The normalized spacial score (nSPS) is 15.7. The zero-order valence-corrected chi connectivity index (χ0v) is 12.4. The van der Waals surface area contributed by atoms with Crippen LogP contribution < -0.4 is 0 Å². The van der Waals surface area contributed by atoms with Crippen molar-refractivity contribution in [3.8, 4) is 6.07 Å². The highest BCUT2D eigenvalue weighted by molar-refractivity contribution is 6.16. The van der Waals surface area contributed by atoms with E-state index in [9.17, 15) is 10.1 Å². The van der Waals surface area contributed by atoms with Gasteiger partial charge in [-0.2, -0.15) is 5.26 Å². The molecule has 0 radical (unpaired) electrons. The van der Waals surface area contributed by atoms with Crippen LogP contribution in [0.1, 0.15) is 29.0 Å². The molecule has 6 heteroatoms. The summed E-state index contributed by atoms with van der Waals surface area (Å²) in [6.07, 6.45) is 1.78. The number of carbonyl (C=O) groups is 1. The minimum Gasteiger partial charge on any atom is -0.465 e. The molecule has 1 aromatic carbocycles. The minimum atomic E-state index is -0.390. The maximum Gasteiger partial charge on any atom is 0.337 e. The van der Waals surface area contributed by atoms with Gasteiger partial charge in [0.25, 0.3) is 0 Å². The number of rotatable bonds is 4. The number of methoxy groups -OCH3 is 1. The zero-order valence-electron chi connectivity index (χ0n) is 11.6. The van der Waals surface area contributed by atoms with E-state index in [1.165, 1.54) is 7.11 Å². The summed E-state index contributed by atoms with van der Waals surface area (Å²) in [5, 5.41) is 9.28. The standard InChI is InChI=1S/C15H14ClN3O2/c1-21-14(20)10-2-3-11-12(6-10)19(13(7-16)18-11)9-15(8-17)4-5-15/h2-3,6H,4-5,7,9H2,1H3. The van der Waals surface area contributed by atoms with E-state index in [1.807, 2.05) is 4.57 Å². The second-order valence-corrected chi connectivity index (χ2v) is 5.60. The highest BCUT2D eigenvalue weighted by Gasteiger charge is 2.44. The van der Waals surface area contributed by atoms with Crippen molar-refractivity contribution in [2.45, 2.75) is 25.3 Å². The topological polar surface area (TPSA) is 67.9 Å². The van der Waals surface area contributed by atoms with E-state index in [-0.39, 0.29) is 11.3 Å². The quantitative estimate of drug-likeness (QED) is 0.643. The lowest BCUT2D eigenvalue weighted by atomic mass is 10.1. The summed E-state index contributed by atoms with van der Waals surface area (Å²) >= 11 is 5.97. The monoisotopic (exact) mass is 303 g/mol. The molecular formula is C15H14ClN3O2. The average molecular weight is 304 g/mol. The number of halogens is 1. The molecular weight excluding hydrogens is 290 g/mol. The number of benzene rings is 1. The predicted molar refractivity (Wildman–Crippen MR) is 77.9 cm³/mol. The number of nitriles is 1. The Bertz CT molecular complexity index is 756. The van der Waals surface area contributed by atoms with E-state index in [0.29, 0.717) is 12.1 Å². The summed E-state index contributed by atoms with van der Waals surface area (Å²) in [5.74, 6) is 0.595. The molecule has 0 amide bonds. The SMILES string of the molecule is COC(=O)c1ccc2nc(CCl)n(CC3(C#N)CC3)c2c1. The molecule has 5 nitrogen and oxygen atoms in total. The second kappa shape index (κ2) is 5.05. The van der Waals surface area contributed by atoms with Crippen LogP contribution in [-0.4, -0.2) is 22.6 Å². The second-order valence-electron chi connectivity index (χ2n) is 5.34. The van der Waals surface area contributed by atoms with Gasteiger partial charge in [-0.05, 0) is 31.0 Å². The Morgan fingerprint density at radius 1 is 1.57 bits per heavy atom. The number of ether oxygens (including phenoxy) is 1. The van der Waals surface area contributed by atoms with Crippen molar-refractivity contribution < 1.29 is 9.53 Å². The third-order valence-corrected chi connectivity index (χ3v) is 4.16. The van der Waals surface area contributed by atoms with Crippen molar-refractivity contribution in [1.29, 1.82) is 5.26 Å². The van der Waals surface area contributed by atoms with Crippen LogP contribution in [0.25, 0.3) is 11.0 Å². The van der Waals surface area contributed by atoms with Crippen molar-refractivity contribution in [2.75, 3.05) is 7.11 Å². The fraction of sp³-hybridized carbons (Fsp3) is 0.400. The Hall–Kier alpha value is -2.06. The van der Waals surface area contributed by atoms with Gasteiger partial charge in [-0.1, -0.05) is 0 Å². The van der Waals surface area contributed by atoms with Gasteiger partial charge in [-0.25, -0.2) is 9.78 Å². The molecule has 0 spiro atoms. The van der Waals surface area contributed by atoms with Crippen LogP contribution in [0.15, 0.2) is 18.2 Å². The molecule has 0 atom stereocenters. The number of aromatic nitrogens is 2. The summed E-state index contributed by atoms with van der Waals surface area (Å²) in [4.78, 5) is 16.1. The molecule has 108 valence electrons. The zero-order chi connectivity index (χ0) is 15.0. The third-order valence-electron chi connectivity index (χ3n) is 3.92. The molecule has 1 aliphatic rings. The Morgan fingerprint density at radius 3 is 2.90 bits per heavy atom. The van der Waals surface area contributed by atoms with Gasteiger partial charge in [0.15, 0.2) is 0 Å². The van der Waals surface area contributed by atoms with Crippen molar-refractivity contribution in [3.05, 3.63) is 29.6 Å². The molecule has 0 saturated heterocycles. The van der Waals surface area contributed by atoms with Gasteiger partial charge in [0, 0.05) is 6.54 Å². The van der Waals surface area contributed by atoms with Crippen LogP contribution in [-0.2, 0) is 17.2 Å². The molecule has 1 heterocycles. The van der Waals surface area contributed by atoms with E-state index in [4.69, 9.17) is 16.3 Å². The summed E-state index contributed by atoms with van der Waals surface area (Å²) < 4.78 is 6.69. The smallest absolute Gasteiger partial charge is 0.337 e. The summed E-state index contributed by atoms with van der Waals surface area (Å²) in [7, 11) is 1.35. The van der Waals surface area contributed by atoms with Gasteiger partial charge in [0.1, 0.15) is 5.82 Å². The Morgan fingerprint density at radius 2 is 2.33 bits per heavy atom. The van der Waals surface area contributed by atoms with Crippen molar-refractivity contribution in [1.82, 2.24) is 9.55 Å². The number of esters is 1. The Kier molecular flexibility index (Phi) is 3.34. The molecule has 0 unspecified atom stereocenters. The number of hydrogen-bond acceptors (Lipinski definition) is 4. The Balaban J connectivity index is 2.11. The van der Waals surface area contributed by atoms with Gasteiger partial charge in [0.2, 0.25) is 0 Å². The van der Waals surface area contributed by atoms with Crippen molar-refractivity contribution in [2.24, 2.45) is 5.41 Å². The van der Waals surface area contributed by atoms with E-state index in [2.05, 4.69) is 11.1 Å². The van der Waals surface area contributed by atoms with Gasteiger partial charge in [-0.15, -0.1) is 11.6 Å². The van der Waals surface area contributed by atoms with Crippen LogP contribution in [0.5, 0.6) is 0 Å². The maximum absolute atomic E-state index is 11.7. The lowest BCUT2D eigenvalue weighted by Crippen LogP contribution is -2.12. The van der Waals surface area contributed by atoms with E-state index in [0.717, 1.165) is 29.7 Å². The highest BCUT2D eigenvalue weighted by Crippen LogP contribution is 2.47. The minimum absolute atomic E-state index is 0.268. The van der Waals surface area contributed by atoms with Crippen LogP contribution in [0.2, 0.25) is 0 Å². The molecule has 1 aliphatic carbocycles. The number of imidazole rings is 1.